The number of rotatable bonds is 5. The summed E-state index contributed by atoms with van der Waals surface area (Å²) in [5.41, 5.74) is 0.0727. The van der Waals surface area contributed by atoms with Gasteiger partial charge in [0, 0.05) is 40.6 Å². The van der Waals surface area contributed by atoms with Crippen LogP contribution >= 0.6 is 0 Å². The van der Waals surface area contributed by atoms with E-state index >= 15 is 4.39 Å². The van der Waals surface area contributed by atoms with Crippen molar-refractivity contribution in [3.8, 4) is 11.1 Å². The Morgan fingerprint density at radius 3 is 2.18 bits per heavy atom. The molecule has 0 amide bonds. The Hall–Kier alpha value is -2.03. The lowest BCUT2D eigenvalue weighted by Gasteiger charge is -2.26. The van der Waals surface area contributed by atoms with Gasteiger partial charge in [0.15, 0.2) is 0 Å². The number of fused-ring (bicyclic) bond motifs is 1. The third-order valence-corrected chi connectivity index (χ3v) is 7.15. The minimum absolute atomic E-state index is 0.0980. The molecule has 0 aliphatic heterocycles. The number of halogens is 4. The Kier molecular flexibility index (Phi) is 7.19. The molecule has 1 unspecified atom stereocenters. The van der Waals surface area contributed by atoms with Crippen molar-refractivity contribution in [2.24, 2.45) is 5.41 Å². The van der Waals surface area contributed by atoms with Gasteiger partial charge in [0.25, 0.3) is 0 Å². The highest BCUT2D eigenvalue weighted by atomic mass is 32.2. The van der Waals surface area contributed by atoms with Gasteiger partial charge in [-0.05, 0) is 62.4 Å². The normalized spacial score (nSPS) is 15.1. The van der Waals surface area contributed by atoms with E-state index in [1.165, 1.54) is 30.3 Å². The van der Waals surface area contributed by atoms with Crippen LogP contribution < -0.4 is 4.72 Å². The van der Waals surface area contributed by atoms with Crippen LogP contribution in [-0.2, 0) is 24.1 Å². The first kappa shape index (κ1) is 26.6. The smallest absolute Gasteiger partial charge is 0.417 e. The summed E-state index contributed by atoms with van der Waals surface area (Å²) in [7, 11) is 0. The molecule has 1 heterocycles. The molecule has 186 valence electrons. The molecule has 1 aromatic heterocycles. The van der Waals surface area contributed by atoms with E-state index in [1.54, 1.807) is 0 Å². The van der Waals surface area contributed by atoms with E-state index in [0.29, 0.717) is 17.4 Å². The van der Waals surface area contributed by atoms with Gasteiger partial charge in [-0.15, -0.1) is 4.72 Å². The second-order valence-electron chi connectivity index (χ2n) is 10.9. The van der Waals surface area contributed by atoms with Crippen LogP contribution in [0, 0.1) is 11.2 Å². The lowest BCUT2D eigenvalue weighted by molar-refractivity contribution is -0.137. The van der Waals surface area contributed by atoms with Crippen molar-refractivity contribution in [1.82, 2.24) is 9.29 Å². The van der Waals surface area contributed by atoms with Gasteiger partial charge in [0.05, 0.1) is 11.6 Å². The molecule has 0 bridgehead atoms. The lowest BCUT2D eigenvalue weighted by Crippen LogP contribution is -2.40. The predicted octanol–water partition coefficient (Wildman–Crippen LogP) is 7.63. The topological polar surface area (TPSA) is 40.0 Å². The number of hydrogen-bond donors (Lipinski definition) is 1. The maximum atomic E-state index is 15.4. The fourth-order valence-electron chi connectivity index (χ4n) is 3.90. The highest BCUT2D eigenvalue weighted by molar-refractivity contribution is 7.90. The molecule has 34 heavy (non-hydrogen) atoms. The molecule has 8 heteroatoms. The predicted molar refractivity (Wildman–Crippen MR) is 131 cm³/mol. The maximum absolute atomic E-state index is 15.4. The zero-order valence-corrected chi connectivity index (χ0v) is 21.4. The summed E-state index contributed by atoms with van der Waals surface area (Å²) in [4.78, 5) is 0. The van der Waals surface area contributed by atoms with Gasteiger partial charge in [0.1, 0.15) is 10.6 Å². The summed E-state index contributed by atoms with van der Waals surface area (Å²) >= 11 is -1.35. The molecular formula is C26H32F4N2OS. The molecule has 1 N–H and O–H groups in total. The minimum Gasteiger partial charge on any atom is -0.598 e. The summed E-state index contributed by atoms with van der Waals surface area (Å²) < 4.78 is 73.5. The first-order chi connectivity index (χ1) is 15.5. The summed E-state index contributed by atoms with van der Waals surface area (Å²) in [6.07, 6.45) is -2.72. The van der Waals surface area contributed by atoms with Crippen LogP contribution in [-0.4, -0.2) is 13.9 Å². The molecule has 3 rings (SSSR count). The van der Waals surface area contributed by atoms with Crippen molar-refractivity contribution < 1.29 is 22.1 Å². The standard InChI is InChI=1S/C26H32F4N2OS/c1-16(31-34(33)25(5,6)7)20-14-32(15-24(2,3)4)23-13-18(22(27)12-19(20)23)17-10-8-9-11-21(17)26(28,29)30/h8-14,16,31H,15H2,1-7H3/t16-,34?/m1/s1. The monoisotopic (exact) mass is 496 g/mol. The van der Waals surface area contributed by atoms with Crippen molar-refractivity contribution in [2.45, 2.75) is 72.0 Å². The van der Waals surface area contributed by atoms with Crippen LogP contribution in [0.1, 0.15) is 65.6 Å². The molecule has 0 saturated carbocycles. The first-order valence-corrected chi connectivity index (χ1v) is 12.3. The fraction of sp³-hybridized carbons (Fsp3) is 0.462. The quantitative estimate of drug-likeness (QED) is 0.291. The molecule has 3 nitrogen and oxygen atoms in total. The summed E-state index contributed by atoms with van der Waals surface area (Å²) in [6.45, 7) is 14.2. The van der Waals surface area contributed by atoms with E-state index in [9.17, 15) is 17.7 Å². The molecular weight excluding hydrogens is 464 g/mol. The van der Waals surface area contributed by atoms with Crippen molar-refractivity contribution in [1.29, 1.82) is 0 Å². The Morgan fingerprint density at radius 1 is 1.00 bits per heavy atom. The third-order valence-electron chi connectivity index (χ3n) is 5.47. The highest BCUT2D eigenvalue weighted by Gasteiger charge is 2.34. The highest BCUT2D eigenvalue weighted by Crippen LogP contribution is 2.40. The molecule has 0 aliphatic carbocycles. The Balaban J connectivity index is 2.21. The number of aromatic nitrogens is 1. The number of nitrogens with one attached hydrogen (secondary N) is 1. The molecule has 0 radical (unpaired) electrons. The van der Waals surface area contributed by atoms with Gasteiger partial charge < -0.3 is 9.12 Å². The number of alkyl halides is 3. The Bertz CT molecular complexity index is 1170. The van der Waals surface area contributed by atoms with Gasteiger partial charge in [-0.2, -0.15) is 13.2 Å². The largest absolute Gasteiger partial charge is 0.598 e. The van der Waals surface area contributed by atoms with Gasteiger partial charge in [-0.25, -0.2) is 4.39 Å². The molecule has 0 saturated heterocycles. The van der Waals surface area contributed by atoms with Crippen molar-refractivity contribution in [3.63, 3.8) is 0 Å². The van der Waals surface area contributed by atoms with E-state index in [2.05, 4.69) is 25.5 Å². The second-order valence-corrected chi connectivity index (χ2v) is 12.9. The van der Waals surface area contributed by atoms with E-state index in [-0.39, 0.29) is 22.6 Å². The lowest BCUT2D eigenvalue weighted by atomic mass is 9.96. The van der Waals surface area contributed by atoms with Crippen molar-refractivity contribution in [3.05, 3.63) is 59.5 Å². The zero-order valence-electron chi connectivity index (χ0n) is 20.6. The molecule has 0 spiro atoms. The average molecular weight is 497 g/mol. The molecule has 2 atom stereocenters. The van der Waals surface area contributed by atoms with E-state index in [4.69, 9.17) is 0 Å². The number of benzene rings is 2. The van der Waals surface area contributed by atoms with E-state index in [1.807, 2.05) is 38.5 Å². The summed E-state index contributed by atoms with van der Waals surface area (Å²) in [5.74, 6) is -0.733. The molecule has 0 fully saturated rings. The van der Waals surface area contributed by atoms with Crippen LogP contribution in [0.25, 0.3) is 22.0 Å². The van der Waals surface area contributed by atoms with E-state index in [0.717, 1.165) is 11.6 Å². The van der Waals surface area contributed by atoms with Crippen molar-refractivity contribution >= 4 is 22.3 Å². The minimum atomic E-state index is -4.61. The SMILES string of the molecule is C[C@@H](N[S+]([O-])C(C)(C)C)c1cn(CC(C)(C)C)c2cc(-c3ccccc3C(F)(F)F)c(F)cc12. The van der Waals surface area contributed by atoms with Gasteiger partial charge in [-0.1, -0.05) is 39.0 Å². The number of nitrogens with zero attached hydrogens (tertiary/aromatic N) is 1. The van der Waals surface area contributed by atoms with Crippen LogP contribution in [0.2, 0.25) is 0 Å². The van der Waals surface area contributed by atoms with E-state index < -0.39 is 33.7 Å². The van der Waals surface area contributed by atoms with Gasteiger partial charge in [-0.3, -0.25) is 0 Å². The fourth-order valence-corrected chi connectivity index (χ4v) is 4.70. The molecule has 0 aliphatic rings. The summed E-state index contributed by atoms with van der Waals surface area (Å²) in [5, 5.41) is 0.584. The van der Waals surface area contributed by atoms with Gasteiger partial charge >= 0.3 is 6.18 Å². The van der Waals surface area contributed by atoms with Gasteiger partial charge in [0.2, 0.25) is 0 Å². The zero-order chi connectivity index (χ0) is 25.6. The third kappa shape index (κ3) is 5.78. The number of hydrogen-bond acceptors (Lipinski definition) is 2. The maximum Gasteiger partial charge on any atom is 0.417 e. The second kappa shape index (κ2) is 9.21. The Morgan fingerprint density at radius 2 is 1.62 bits per heavy atom. The van der Waals surface area contributed by atoms with Crippen LogP contribution in [0.3, 0.4) is 0 Å². The Labute approximate surface area is 201 Å². The first-order valence-electron chi connectivity index (χ1n) is 11.2. The summed E-state index contributed by atoms with van der Waals surface area (Å²) in [6, 6.07) is 7.46. The average Bonchev–Trinajstić information content (AvgIpc) is 3.01. The molecule has 3 aromatic rings. The van der Waals surface area contributed by atoms with Crippen LogP contribution in [0.15, 0.2) is 42.6 Å². The van der Waals surface area contributed by atoms with Crippen molar-refractivity contribution in [2.75, 3.05) is 0 Å². The van der Waals surface area contributed by atoms with Crippen LogP contribution in [0.5, 0.6) is 0 Å². The van der Waals surface area contributed by atoms with Crippen LogP contribution in [0.4, 0.5) is 17.6 Å². The molecule has 2 aromatic carbocycles.